The number of aromatic nitrogens is 1. The zero-order valence-corrected chi connectivity index (χ0v) is 10.3. The van der Waals surface area contributed by atoms with Gasteiger partial charge in [-0.1, -0.05) is 19.3 Å². The molecule has 1 unspecified atom stereocenters. The molecule has 0 radical (unpaired) electrons. The van der Waals surface area contributed by atoms with Crippen LogP contribution in [0.1, 0.15) is 51.1 Å². The number of nitrogens with one attached hydrogen (secondary N) is 1. The van der Waals surface area contributed by atoms with Gasteiger partial charge in [0.15, 0.2) is 0 Å². The van der Waals surface area contributed by atoms with Crippen LogP contribution in [0.5, 0.6) is 0 Å². The topological polar surface area (TPSA) is 24.9 Å². The predicted molar refractivity (Wildman–Crippen MR) is 67.2 cm³/mol. The number of nitrogens with zero attached hydrogens (tertiary/aromatic N) is 1. The molecular weight excluding hydrogens is 196 g/mol. The first-order chi connectivity index (χ1) is 7.75. The van der Waals surface area contributed by atoms with Crippen molar-refractivity contribution in [2.24, 2.45) is 5.92 Å². The van der Waals surface area contributed by atoms with Gasteiger partial charge in [-0.2, -0.15) is 0 Å². The Morgan fingerprint density at radius 1 is 1.31 bits per heavy atom. The second-order valence-corrected chi connectivity index (χ2v) is 5.10. The Hall–Kier alpha value is -0.890. The van der Waals surface area contributed by atoms with Crippen molar-refractivity contribution in [2.45, 2.75) is 51.6 Å². The van der Waals surface area contributed by atoms with Crippen molar-refractivity contribution >= 4 is 0 Å². The van der Waals surface area contributed by atoms with Gasteiger partial charge in [0, 0.05) is 24.5 Å². The maximum Gasteiger partial charge on any atom is 0.0295 e. The van der Waals surface area contributed by atoms with Gasteiger partial charge in [-0.05, 0) is 43.9 Å². The van der Waals surface area contributed by atoms with Crippen LogP contribution >= 0.6 is 0 Å². The zero-order chi connectivity index (χ0) is 11.4. The molecule has 1 aromatic heterocycles. The van der Waals surface area contributed by atoms with Crippen molar-refractivity contribution in [1.82, 2.24) is 10.3 Å². The first-order valence-corrected chi connectivity index (χ1v) is 6.41. The maximum absolute atomic E-state index is 4.05. The third-order valence-electron chi connectivity index (χ3n) is 3.65. The molecule has 0 aromatic carbocycles. The van der Waals surface area contributed by atoms with Crippen LogP contribution in [0, 0.1) is 5.92 Å². The first-order valence-electron chi connectivity index (χ1n) is 6.41. The summed E-state index contributed by atoms with van der Waals surface area (Å²) in [5.74, 6) is 0.979. The number of hydrogen-bond donors (Lipinski definition) is 1. The molecule has 1 aromatic rings. The molecule has 1 heterocycles. The monoisotopic (exact) mass is 218 g/mol. The van der Waals surface area contributed by atoms with E-state index in [1.807, 2.05) is 12.4 Å². The summed E-state index contributed by atoms with van der Waals surface area (Å²) in [6.45, 7) is 4.53. The average molecular weight is 218 g/mol. The lowest BCUT2D eigenvalue weighted by Crippen LogP contribution is -2.32. The number of pyridine rings is 1. The molecule has 2 atom stereocenters. The van der Waals surface area contributed by atoms with Gasteiger partial charge in [0.25, 0.3) is 0 Å². The summed E-state index contributed by atoms with van der Waals surface area (Å²) in [6, 6.07) is 5.23. The van der Waals surface area contributed by atoms with Crippen LogP contribution in [0.15, 0.2) is 24.5 Å². The van der Waals surface area contributed by atoms with Crippen molar-refractivity contribution in [3.05, 3.63) is 30.1 Å². The summed E-state index contributed by atoms with van der Waals surface area (Å²) in [5, 5.41) is 3.67. The van der Waals surface area contributed by atoms with E-state index in [1.54, 1.807) is 0 Å². The van der Waals surface area contributed by atoms with E-state index in [0.29, 0.717) is 12.1 Å². The van der Waals surface area contributed by atoms with Gasteiger partial charge < -0.3 is 5.32 Å². The fourth-order valence-electron chi connectivity index (χ4n) is 2.47. The van der Waals surface area contributed by atoms with Crippen LogP contribution in [0.2, 0.25) is 0 Å². The minimum absolute atomic E-state index is 0.429. The molecule has 88 valence electrons. The largest absolute Gasteiger partial charge is 0.308 e. The summed E-state index contributed by atoms with van der Waals surface area (Å²) in [7, 11) is 0. The standard InChI is InChI=1S/C14H22N2/c1-11(10-13-4-3-5-13)16-12(2)14-6-8-15-9-7-14/h6-9,11-13,16H,3-5,10H2,1-2H3/t11?,12-/m1/s1. The molecule has 2 nitrogen and oxygen atoms in total. The smallest absolute Gasteiger partial charge is 0.0295 e. The Morgan fingerprint density at radius 2 is 2.00 bits per heavy atom. The molecular formula is C14H22N2. The van der Waals surface area contributed by atoms with E-state index in [9.17, 15) is 0 Å². The second-order valence-electron chi connectivity index (χ2n) is 5.10. The van der Waals surface area contributed by atoms with E-state index in [2.05, 4.69) is 36.3 Å². The van der Waals surface area contributed by atoms with E-state index in [4.69, 9.17) is 0 Å². The summed E-state index contributed by atoms with van der Waals surface area (Å²) in [6.07, 6.45) is 9.38. The Labute approximate surface area is 98.5 Å². The quantitative estimate of drug-likeness (QED) is 0.820. The first kappa shape index (κ1) is 11.6. The minimum Gasteiger partial charge on any atom is -0.308 e. The normalized spacial score (nSPS) is 20.1. The maximum atomic E-state index is 4.05. The Kier molecular flexibility index (Phi) is 3.94. The van der Waals surface area contributed by atoms with Crippen LogP contribution < -0.4 is 5.32 Å². The molecule has 1 saturated carbocycles. The van der Waals surface area contributed by atoms with Crippen LogP contribution in [0.3, 0.4) is 0 Å². The Balaban J connectivity index is 1.79. The molecule has 0 aliphatic heterocycles. The van der Waals surface area contributed by atoms with Gasteiger partial charge in [-0.25, -0.2) is 0 Å². The SMILES string of the molecule is CC(CC1CCC1)N[C@H](C)c1ccncc1. The lowest BCUT2D eigenvalue weighted by Gasteiger charge is -2.30. The highest BCUT2D eigenvalue weighted by atomic mass is 14.9. The molecule has 1 aliphatic rings. The summed E-state index contributed by atoms with van der Waals surface area (Å²) >= 11 is 0. The molecule has 0 amide bonds. The van der Waals surface area contributed by atoms with E-state index < -0.39 is 0 Å². The fourth-order valence-corrected chi connectivity index (χ4v) is 2.47. The van der Waals surface area contributed by atoms with Crippen LogP contribution in [0.4, 0.5) is 0 Å². The lowest BCUT2D eigenvalue weighted by atomic mass is 9.81. The van der Waals surface area contributed by atoms with Gasteiger partial charge >= 0.3 is 0 Å². The fraction of sp³-hybridized carbons (Fsp3) is 0.643. The van der Waals surface area contributed by atoms with Gasteiger partial charge in [0.2, 0.25) is 0 Å². The minimum atomic E-state index is 0.429. The number of hydrogen-bond acceptors (Lipinski definition) is 2. The van der Waals surface area contributed by atoms with Crippen LogP contribution in [-0.2, 0) is 0 Å². The third kappa shape index (κ3) is 3.05. The van der Waals surface area contributed by atoms with Crippen LogP contribution in [-0.4, -0.2) is 11.0 Å². The Bertz CT molecular complexity index is 306. The summed E-state index contributed by atoms with van der Waals surface area (Å²) < 4.78 is 0. The summed E-state index contributed by atoms with van der Waals surface area (Å²) in [4.78, 5) is 4.05. The van der Waals surface area contributed by atoms with Crippen molar-refractivity contribution in [1.29, 1.82) is 0 Å². The number of rotatable bonds is 5. The van der Waals surface area contributed by atoms with Gasteiger partial charge in [-0.15, -0.1) is 0 Å². The van der Waals surface area contributed by atoms with E-state index in [-0.39, 0.29) is 0 Å². The van der Waals surface area contributed by atoms with Gasteiger partial charge in [-0.3, -0.25) is 4.98 Å². The third-order valence-corrected chi connectivity index (χ3v) is 3.65. The lowest BCUT2D eigenvalue weighted by molar-refractivity contribution is 0.259. The molecule has 16 heavy (non-hydrogen) atoms. The van der Waals surface area contributed by atoms with E-state index in [1.165, 1.54) is 31.2 Å². The molecule has 1 aliphatic carbocycles. The molecule has 0 bridgehead atoms. The van der Waals surface area contributed by atoms with E-state index in [0.717, 1.165) is 5.92 Å². The molecule has 1 fully saturated rings. The van der Waals surface area contributed by atoms with Crippen molar-refractivity contribution in [2.75, 3.05) is 0 Å². The molecule has 1 N–H and O–H groups in total. The van der Waals surface area contributed by atoms with Crippen LogP contribution in [0.25, 0.3) is 0 Å². The highest BCUT2D eigenvalue weighted by Crippen LogP contribution is 2.30. The van der Waals surface area contributed by atoms with Crippen molar-refractivity contribution < 1.29 is 0 Å². The Morgan fingerprint density at radius 3 is 2.56 bits per heavy atom. The highest BCUT2D eigenvalue weighted by Gasteiger charge is 2.20. The molecule has 0 saturated heterocycles. The zero-order valence-electron chi connectivity index (χ0n) is 10.3. The van der Waals surface area contributed by atoms with Gasteiger partial charge in [0.05, 0.1) is 0 Å². The molecule has 2 heteroatoms. The highest BCUT2D eigenvalue weighted by molar-refractivity contribution is 5.14. The van der Waals surface area contributed by atoms with Crippen molar-refractivity contribution in [3.63, 3.8) is 0 Å². The summed E-state index contributed by atoms with van der Waals surface area (Å²) in [5.41, 5.74) is 1.33. The second kappa shape index (κ2) is 5.44. The average Bonchev–Trinajstić information content (AvgIpc) is 2.25. The van der Waals surface area contributed by atoms with Crippen molar-refractivity contribution in [3.8, 4) is 0 Å². The molecule has 2 rings (SSSR count). The van der Waals surface area contributed by atoms with Gasteiger partial charge in [0.1, 0.15) is 0 Å². The van der Waals surface area contributed by atoms with E-state index >= 15 is 0 Å². The predicted octanol–water partition coefficient (Wildman–Crippen LogP) is 3.31. The molecule has 0 spiro atoms.